The fraction of sp³-hybridized carbons (Fsp3) is 0.462. The first kappa shape index (κ1) is 70.9. The van der Waals surface area contributed by atoms with Gasteiger partial charge in [-0.05, 0) is 92.3 Å². The number of carbonyl (C=O) groups excluding carboxylic acids is 4. The van der Waals surface area contributed by atoms with Crippen molar-refractivity contribution >= 4 is 101 Å². The predicted octanol–water partition coefficient (Wildman–Crippen LogP) is 6.58. The fourth-order valence-electron chi connectivity index (χ4n) is 7.50. The predicted molar refractivity (Wildman–Crippen MR) is 305 cm³/mol. The Hall–Kier alpha value is -5.25. The maximum absolute atomic E-state index is 12.9. The number of methoxy groups -OCH3 is 3. The number of hydrogen-bond donors (Lipinski definition) is 4. The van der Waals surface area contributed by atoms with Crippen LogP contribution in [-0.4, -0.2) is 124 Å². The number of thioether (sulfide) groups is 1. The number of carbonyl (C=O) groups is 4. The van der Waals surface area contributed by atoms with Crippen LogP contribution >= 0.6 is 35.0 Å². The van der Waals surface area contributed by atoms with Gasteiger partial charge in [0.05, 0.1) is 61.6 Å². The third-order valence-corrected chi connectivity index (χ3v) is 14.7. The van der Waals surface area contributed by atoms with Gasteiger partial charge in [0.15, 0.2) is 12.4 Å². The number of pyridine rings is 1. The molecular formula is C52H70Cl2N7NaO15S3. The van der Waals surface area contributed by atoms with Gasteiger partial charge in [0.2, 0.25) is 27.7 Å². The Bertz CT molecular complexity index is 3010. The van der Waals surface area contributed by atoms with Crippen molar-refractivity contribution in [2.75, 3.05) is 51.9 Å². The molecule has 1 aliphatic rings. The second-order valence-electron chi connectivity index (χ2n) is 17.4. The Morgan fingerprint density at radius 3 is 2.29 bits per heavy atom. The maximum atomic E-state index is 12.9. The van der Waals surface area contributed by atoms with Gasteiger partial charge in [-0.1, -0.05) is 75.0 Å². The van der Waals surface area contributed by atoms with Crippen molar-refractivity contribution in [2.24, 2.45) is 11.1 Å². The van der Waals surface area contributed by atoms with Gasteiger partial charge in [-0.25, -0.2) is 40.7 Å². The van der Waals surface area contributed by atoms with Gasteiger partial charge in [-0.15, -0.1) is 0 Å². The second-order valence-corrected chi connectivity index (χ2v) is 23.2. The van der Waals surface area contributed by atoms with Crippen LogP contribution in [0.15, 0.2) is 87.7 Å². The Morgan fingerprint density at radius 2 is 1.69 bits per heavy atom. The summed E-state index contributed by atoms with van der Waals surface area (Å²) in [6.45, 7) is 10.1. The molecule has 2 heterocycles. The molecule has 28 heteroatoms. The van der Waals surface area contributed by atoms with Crippen LogP contribution in [0.1, 0.15) is 103 Å². The summed E-state index contributed by atoms with van der Waals surface area (Å²) in [5.74, 6) is 0.319. The number of rotatable bonds is 26. The molecule has 0 spiro atoms. The van der Waals surface area contributed by atoms with E-state index in [2.05, 4.69) is 55.7 Å². The number of ether oxygens (including phenoxy) is 5. The third-order valence-electron chi connectivity index (χ3n) is 11.1. The van der Waals surface area contributed by atoms with E-state index in [0.29, 0.717) is 52.1 Å². The van der Waals surface area contributed by atoms with Crippen LogP contribution in [0.25, 0.3) is 10.9 Å². The first-order valence-electron chi connectivity index (χ1n) is 24.9. The van der Waals surface area contributed by atoms with Crippen LogP contribution < -0.4 is 58.5 Å². The molecule has 1 aliphatic carbocycles. The standard InChI is InChI=1S/C18H22ClNO3.C17H26ClNO3S.C17H21N5O9S2.Na.H/c1-3-4-5-7-13(2)23-17(21)12-22-16-10-9-15(19)14-8-6-11-20-18(14)16;1-4-14(19-22-8-6-7-18)17-15(20)10-13(11-16(17)21)9-12(3)23-5-2;1-29-13-8-14(30-2)20-16(19-13)21-17(24)22-33(27,28)12-7-10(9-18-32(4,25)26)5-6-11(12)15(23)31-3;;/h6,8-11,13H,3-5,7,12H2,1-2H3;6-7,12-13,20H,4-5,8-11H2,1-3H3;5-8,18H,9H2,1-4H3,(H2,19,20,21,22,24);;/q;;;+1;-1/b;7-6+,19-14+;;;. The number of halogens is 2. The van der Waals surface area contributed by atoms with E-state index < -0.39 is 36.9 Å². The van der Waals surface area contributed by atoms with Crippen molar-refractivity contribution < 1.29 is 101 Å². The number of esters is 2. The molecule has 436 valence electrons. The van der Waals surface area contributed by atoms with Crippen LogP contribution in [0.2, 0.25) is 5.02 Å². The van der Waals surface area contributed by atoms with Crippen molar-refractivity contribution in [3.8, 4) is 17.5 Å². The smallest absolute Gasteiger partial charge is 1.00 e. The average molecular weight is 1220 g/mol. The number of Topliss-reactive ketones (excluding diaryl/α,β-unsaturated/α-hetero) is 1. The molecule has 2 amide bonds. The number of hydrogen-bond acceptors (Lipinski definition) is 20. The third kappa shape index (κ3) is 24.5. The van der Waals surface area contributed by atoms with Gasteiger partial charge in [-0.3, -0.25) is 15.1 Å². The summed E-state index contributed by atoms with van der Waals surface area (Å²) in [6.07, 6.45) is 10.8. The van der Waals surface area contributed by atoms with Crippen LogP contribution in [0.4, 0.5) is 10.7 Å². The minimum absolute atomic E-state index is 0. The van der Waals surface area contributed by atoms with E-state index in [1.54, 1.807) is 29.1 Å². The summed E-state index contributed by atoms with van der Waals surface area (Å²) < 4.78 is 77.7. The van der Waals surface area contributed by atoms with E-state index in [-0.39, 0.29) is 109 Å². The zero-order chi connectivity index (χ0) is 58.7. The summed E-state index contributed by atoms with van der Waals surface area (Å²) in [5, 5.41) is 18.3. The van der Waals surface area contributed by atoms with Gasteiger partial charge in [0, 0.05) is 41.8 Å². The number of urea groups is 1. The molecular weight excluding hydrogens is 1150 g/mol. The van der Waals surface area contributed by atoms with Crippen molar-refractivity contribution in [1.29, 1.82) is 0 Å². The fourth-order valence-corrected chi connectivity index (χ4v) is 10.3. The van der Waals surface area contributed by atoms with E-state index in [4.69, 9.17) is 47.0 Å². The first-order chi connectivity index (χ1) is 37.5. The number of fused-ring (bicyclic) bond motifs is 1. The number of ketones is 1. The number of sulfonamides is 2. The largest absolute Gasteiger partial charge is 1.00 e. The van der Waals surface area contributed by atoms with E-state index in [1.165, 1.54) is 31.9 Å². The second kappa shape index (κ2) is 36.3. The monoisotopic (exact) mass is 1220 g/mol. The van der Waals surface area contributed by atoms with Gasteiger partial charge in [-0.2, -0.15) is 21.7 Å². The van der Waals surface area contributed by atoms with Gasteiger partial charge in [0.1, 0.15) is 28.5 Å². The van der Waals surface area contributed by atoms with Gasteiger partial charge >= 0.3 is 47.5 Å². The van der Waals surface area contributed by atoms with Crippen molar-refractivity contribution in [3.63, 3.8) is 0 Å². The van der Waals surface area contributed by atoms with Crippen molar-refractivity contribution in [3.05, 3.63) is 93.8 Å². The molecule has 0 fully saturated rings. The van der Waals surface area contributed by atoms with Crippen LogP contribution in [-0.2, 0) is 50.5 Å². The van der Waals surface area contributed by atoms with Gasteiger partial charge < -0.3 is 35.1 Å². The number of allylic oxidation sites excluding steroid dienone is 2. The Balaban J connectivity index is 0.000000615. The summed E-state index contributed by atoms with van der Waals surface area (Å²) in [4.78, 5) is 65.2. The minimum Gasteiger partial charge on any atom is -1.00 e. The molecule has 0 bridgehead atoms. The molecule has 2 aromatic heterocycles. The normalized spacial score (nSPS) is 14.3. The van der Waals surface area contributed by atoms with E-state index in [9.17, 15) is 41.1 Å². The maximum Gasteiger partial charge on any atom is 1.00 e. The number of aliphatic hydroxyl groups is 1. The number of benzene rings is 2. The van der Waals surface area contributed by atoms with E-state index in [0.717, 1.165) is 68.7 Å². The van der Waals surface area contributed by atoms with Crippen molar-refractivity contribution in [2.45, 2.75) is 109 Å². The molecule has 22 nitrogen and oxygen atoms in total. The molecule has 4 aromatic rings. The number of aliphatic hydroxyl groups excluding tert-OH is 1. The zero-order valence-electron chi connectivity index (χ0n) is 47.5. The number of amides is 2. The average Bonchev–Trinajstić information content (AvgIpc) is 3.40. The molecule has 3 atom stereocenters. The number of nitrogens with one attached hydrogen (secondary N) is 3. The Labute approximate surface area is 505 Å². The van der Waals surface area contributed by atoms with Crippen molar-refractivity contribution in [1.82, 2.24) is 24.4 Å². The molecule has 0 radical (unpaired) electrons. The Morgan fingerprint density at radius 1 is 0.988 bits per heavy atom. The SMILES string of the molecule is CCCCCC(C)OC(=O)COc1ccc(Cl)c2cccnc12.CCSC(C)CC1CC(=O)C(/C(CC)=N/OC/C=C/Cl)=C(O)C1.COC(=O)c1ccc(CNS(C)(=O)=O)cc1S(=O)(=O)NC(=O)Nc1nc(OC)cc(OC)n1.[H-].[Na+]. The number of unbranched alkanes of at least 4 members (excludes halogenated alkanes) is 2. The zero-order valence-corrected chi connectivity index (χ0v) is 52.5. The number of nitrogens with zero attached hydrogens (tertiary/aromatic N) is 4. The molecule has 0 saturated carbocycles. The molecule has 0 saturated heterocycles. The topological polar surface area (TPSA) is 299 Å². The molecule has 4 N–H and O–H groups in total. The molecule has 5 rings (SSSR count). The van der Waals surface area contributed by atoms with Crippen LogP contribution in [0, 0.1) is 5.92 Å². The molecule has 2 aromatic carbocycles. The molecule has 80 heavy (non-hydrogen) atoms. The summed E-state index contributed by atoms with van der Waals surface area (Å²) in [7, 11) is -4.53. The number of anilines is 1. The molecule has 0 aliphatic heterocycles. The first-order valence-corrected chi connectivity index (χ1v) is 30.1. The number of oxime groups is 1. The minimum atomic E-state index is -4.63. The Kier molecular flexibility index (Phi) is 32.1. The summed E-state index contributed by atoms with van der Waals surface area (Å²) in [6, 6.07) is 10.7. The quantitative estimate of drug-likeness (QED) is 0.0170. The van der Waals surface area contributed by atoms with Gasteiger partial charge in [0.25, 0.3) is 10.0 Å². The molecule has 3 unspecified atom stereocenters. The van der Waals surface area contributed by atoms with E-state index >= 15 is 0 Å². The summed E-state index contributed by atoms with van der Waals surface area (Å²) >= 11 is 13.4. The number of aromatic nitrogens is 3. The summed E-state index contributed by atoms with van der Waals surface area (Å²) in [5.41, 5.74) is 2.67. The van der Waals surface area contributed by atoms with E-state index in [1.807, 2.05) is 37.7 Å². The van der Waals surface area contributed by atoms with Crippen LogP contribution in [0.5, 0.6) is 17.5 Å². The van der Waals surface area contributed by atoms with Crippen LogP contribution in [0.3, 0.4) is 0 Å².